The van der Waals surface area contributed by atoms with Gasteiger partial charge < -0.3 is 15.4 Å². The summed E-state index contributed by atoms with van der Waals surface area (Å²) >= 11 is 0. The molecule has 0 amide bonds. The predicted octanol–water partition coefficient (Wildman–Crippen LogP) is 2.01. The molecule has 2 N–H and O–H groups in total. The molecule has 0 aromatic rings. The van der Waals surface area contributed by atoms with Gasteiger partial charge in [0.05, 0.1) is 13.2 Å². The van der Waals surface area contributed by atoms with Gasteiger partial charge >= 0.3 is 0 Å². The molecule has 1 rings (SSSR count). The molecule has 1 heterocycles. The Balaban J connectivity index is 2.24. The number of nitrogens with one attached hydrogen (secondary N) is 2. The van der Waals surface area contributed by atoms with Gasteiger partial charge in [0.1, 0.15) is 0 Å². The lowest BCUT2D eigenvalue weighted by Crippen LogP contribution is -2.52. The first kappa shape index (κ1) is 15.3. The molecule has 4 nitrogen and oxygen atoms in total. The van der Waals surface area contributed by atoms with Crippen LogP contribution in [-0.2, 0) is 4.74 Å². The lowest BCUT2D eigenvalue weighted by Gasteiger charge is -2.38. The zero-order valence-corrected chi connectivity index (χ0v) is 12.5. The van der Waals surface area contributed by atoms with Crippen LogP contribution in [0.3, 0.4) is 0 Å². The van der Waals surface area contributed by atoms with Crippen LogP contribution in [0.2, 0.25) is 0 Å². The van der Waals surface area contributed by atoms with Crippen molar-refractivity contribution in [3.05, 3.63) is 0 Å². The maximum absolute atomic E-state index is 5.25. The van der Waals surface area contributed by atoms with Gasteiger partial charge in [-0.15, -0.1) is 0 Å². The molecule has 0 aliphatic carbocycles. The molecular formula is C14H29N3O. The van der Waals surface area contributed by atoms with Crippen molar-refractivity contribution in [1.82, 2.24) is 10.6 Å². The monoisotopic (exact) mass is 255 g/mol. The first-order valence-electron chi connectivity index (χ1n) is 7.00. The largest absolute Gasteiger partial charge is 0.380 e. The molecule has 106 valence electrons. The van der Waals surface area contributed by atoms with Crippen molar-refractivity contribution in [1.29, 1.82) is 0 Å². The van der Waals surface area contributed by atoms with Crippen LogP contribution in [0.4, 0.5) is 0 Å². The van der Waals surface area contributed by atoms with Crippen molar-refractivity contribution in [2.24, 2.45) is 16.3 Å². The van der Waals surface area contributed by atoms with Gasteiger partial charge in [-0.1, -0.05) is 20.8 Å². The predicted molar refractivity (Wildman–Crippen MR) is 77.0 cm³/mol. The van der Waals surface area contributed by atoms with Gasteiger partial charge in [0, 0.05) is 25.0 Å². The summed E-state index contributed by atoms with van der Waals surface area (Å²) < 4.78 is 5.25. The van der Waals surface area contributed by atoms with Crippen LogP contribution in [0.5, 0.6) is 0 Å². The number of hydrogen-bond donors (Lipinski definition) is 2. The fourth-order valence-electron chi connectivity index (χ4n) is 1.93. The topological polar surface area (TPSA) is 45.7 Å². The first-order valence-corrected chi connectivity index (χ1v) is 7.00. The third-order valence-electron chi connectivity index (χ3n) is 3.37. The smallest absolute Gasteiger partial charge is 0.191 e. The standard InChI is InChI=1S/C14H29N3O/c1-11(2)6-7-12(3)17-13(15-5)16-8-14(4)9-18-10-14/h11-12H,6-10H2,1-5H3,(H2,15,16,17). The Kier molecular flexibility index (Phi) is 5.93. The van der Waals surface area contributed by atoms with Gasteiger partial charge in [-0.2, -0.15) is 0 Å². The van der Waals surface area contributed by atoms with Crippen LogP contribution in [0, 0.1) is 11.3 Å². The van der Waals surface area contributed by atoms with Crippen LogP contribution < -0.4 is 10.6 Å². The molecule has 0 saturated carbocycles. The second-order valence-corrected chi connectivity index (χ2v) is 6.25. The van der Waals surface area contributed by atoms with Crippen molar-refractivity contribution in [3.8, 4) is 0 Å². The van der Waals surface area contributed by atoms with E-state index >= 15 is 0 Å². The number of guanidine groups is 1. The van der Waals surface area contributed by atoms with Crippen molar-refractivity contribution in [3.63, 3.8) is 0 Å². The molecular weight excluding hydrogens is 226 g/mol. The van der Waals surface area contributed by atoms with E-state index in [0.717, 1.165) is 31.6 Å². The molecule has 0 spiro atoms. The van der Waals surface area contributed by atoms with Crippen LogP contribution >= 0.6 is 0 Å². The zero-order valence-electron chi connectivity index (χ0n) is 12.5. The Bertz CT molecular complexity index is 272. The minimum absolute atomic E-state index is 0.277. The van der Waals surface area contributed by atoms with Gasteiger partial charge in [-0.05, 0) is 25.7 Å². The highest BCUT2D eigenvalue weighted by molar-refractivity contribution is 5.79. The maximum Gasteiger partial charge on any atom is 0.191 e. The third-order valence-corrected chi connectivity index (χ3v) is 3.37. The molecule has 18 heavy (non-hydrogen) atoms. The van der Waals surface area contributed by atoms with Crippen LogP contribution in [0.15, 0.2) is 4.99 Å². The Hall–Kier alpha value is -0.770. The van der Waals surface area contributed by atoms with Crippen LogP contribution in [-0.4, -0.2) is 38.8 Å². The Morgan fingerprint density at radius 1 is 1.28 bits per heavy atom. The average molecular weight is 255 g/mol. The number of ether oxygens (including phenoxy) is 1. The first-order chi connectivity index (χ1) is 8.45. The molecule has 1 saturated heterocycles. The average Bonchev–Trinajstić information content (AvgIpc) is 2.29. The molecule has 1 atom stereocenters. The Morgan fingerprint density at radius 3 is 2.39 bits per heavy atom. The summed E-state index contributed by atoms with van der Waals surface area (Å²) in [4.78, 5) is 4.27. The molecule has 4 heteroatoms. The highest BCUT2D eigenvalue weighted by atomic mass is 16.5. The quantitative estimate of drug-likeness (QED) is 0.564. The zero-order chi connectivity index (χ0) is 13.6. The van der Waals surface area contributed by atoms with Gasteiger partial charge in [0.15, 0.2) is 5.96 Å². The molecule has 1 fully saturated rings. The summed E-state index contributed by atoms with van der Waals surface area (Å²) in [5, 5.41) is 6.83. The molecule has 1 aliphatic rings. The van der Waals surface area contributed by atoms with E-state index in [1.54, 1.807) is 0 Å². The van der Waals surface area contributed by atoms with E-state index in [0.29, 0.717) is 6.04 Å². The molecule has 1 unspecified atom stereocenters. The van der Waals surface area contributed by atoms with E-state index in [4.69, 9.17) is 4.74 Å². The third kappa shape index (κ3) is 5.25. The van der Waals surface area contributed by atoms with Crippen molar-refractivity contribution in [2.75, 3.05) is 26.8 Å². The highest BCUT2D eigenvalue weighted by Gasteiger charge is 2.33. The maximum atomic E-state index is 5.25. The molecule has 0 bridgehead atoms. The summed E-state index contributed by atoms with van der Waals surface area (Å²) in [5.41, 5.74) is 0.277. The van der Waals surface area contributed by atoms with Gasteiger partial charge in [-0.3, -0.25) is 4.99 Å². The SMILES string of the molecule is CN=C(NCC1(C)COC1)NC(C)CCC(C)C. The molecule has 0 radical (unpaired) electrons. The van der Waals surface area contributed by atoms with E-state index in [2.05, 4.69) is 43.3 Å². The van der Waals surface area contributed by atoms with Crippen LogP contribution in [0.25, 0.3) is 0 Å². The second kappa shape index (κ2) is 6.98. The fourth-order valence-corrected chi connectivity index (χ4v) is 1.93. The number of aliphatic imine (C=N–C) groups is 1. The summed E-state index contributed by atoms with van der Waals surface area (Å²) in [6.07, 6.45) is 2.43. The number of nitrogens with zero attached hydrogens (tertiary/aromatic N) is 1. The second-order valence-electron chi connectivity index (χ2n) is 6.25. The number of hydrogen-bond acceptors (Lipinski definition) is 2. The Morgan fingerprint density at radius 2 is 1.94 bits per heavy atom. The van der Waals surface area contributed by atoms with Crippen molar-refractivity contribution < 1.29 is 4.74 Å². The number of rotatable bonds is 6. The van der Waals surface area contributed by atoms with Crippen molar-refractivity contribution in [2.45, 2.75) is 46.6 Å². The van der Waals surface area contributed by atoms with E-state index in [9.17, 15) is 0 Å². The molecule has 0 aromatic carbocycles. The van der Waals surface area contributed by atoms with E-state index in [1.807, 2.05) is 7.05 Å². The minimum atomic E-state index is 0.277. The summed E-state index contributed by atoms with van der Waals surface area (Å²) in [6.45, 7) is 11.6. The summed E-state index contributed by atoms with van der Waals surface area (Å²) in [7, 11) is 1.82. The van der Waals surface area contributed by atoms with E-state index in [1.165, 1.54) is 12.8 Å². The normalized spacial score (nSPS) is 20.4. The summed E-state index contributed by atoms with van der Waals surface area (Å²) in [5.74, 6) is 1.66. The molecule has 1 aliphatic heterocycles. The van der Waals surface area contributed by atoms with Crippen molar-refractivity contribution >= 4 is 5.96 Å². The fraction of sp³-hybridized carbons (Fsp3) is 0.929. The van der Waals surface area contributed by atoms with E-state index < -0.39 is 0 Å². The van der Waals surface area contributed by atoms with Gasteiger partial charge in [0.2, 0.25) is 0 Å². The highest BCUT2D eigenvalue weighted by Crippen LogP contribution is 2.24. The molecule has 0 aromatic heterocycles. The van der Waals surface area contributed by atoms with Crippen LogP contribution in [0.1, 0.15) is 40.5 Å². The van der Waals surface area contributed by atoms with E-state index in [-0.39, 0.29) is 5.41 Å². The summed E-state index contributed by atoms with van der Waals surface area (Å²) in [6, 6.07) is 0.462. The Labute approximate surface area is 112 Å². The minimum Gasteiger partial charge on any atom is -0.380 e. The van der Waals surface area contributed by atoms with Gasteiger partial charge in [0.25, 0.3) is 0 Å². The lowest BCUT2D eigenvalue weighted by molar-refractivity contribution is -0.0971. The van der Waals surface area contributed by atoms with Gasteiger partial charge in [-0.25, -0.2) is 0 Å². The lowest BCUT2D eigenvalue weighted by atomic mass is 9.89.